The molecule has 0 spiro atoms. The normalized spacial score (nSPS) is 22.2. The summed E-state index contributed by atoms with van der Waals surface area (Å²) in [6.45, 7) is 27.8. The maximum absolute atomic E-state index is 6.63. The zero-order valence-electron chi connectivity index (χ0n) is 33.4. The van der Waals surface area contributed by atoms with Crippen molar-refractivity contribution in [3.8, 4) is 11.5 Å². The Hall–Kier alpha value is -3.86. The zero-order chi connectivity index (χ0) is 36.7. The number of hydrogen-bond donors (Lipinski definition) is 0. The molecule has 5 nitrogen and oxygen atoms in total. The Labute approximate surface area is 307 Å². The minimum absolute atomic E-state index is 0.0265. The first kappa shape index (κ1) is 35.5. The van der Waals surface area contributed by atoms with Crippen molar-refractivity contribution < 1.29 is 14.2 Å². The second-order valence-electron chi connectivity index (χ2n) is 18.4. The number of benzene rings is 2. The van der Waals surface area contributed by atoms with Crippen LogP contribution in [-0.4, -0.2) is 40.4 Å². The lowest BCUT2D eigenvalue weighted by Crippen LogP contribution is -2.45. The highest BCUT2D eigenvalue weighted by atomic mass is 16.5. The van der Waals surface area contributed by atoms with Crippen LogP contribution in [-0.2, 0) is 26.4 Å². The first-order chi connectivity index (χ1) is 24.0. The quantitative estimate of drug-likeness (QED) is 0.302. The summed E-state index contributed by atoms with van der Waals surface area (Å²) in [5.74, 6) is 3.60. The predicted molar refractivity (Wildman–Crippen MR) is 215 cm³/mol. The predicted octanol–water partition coefficient (Wildman–Crippen LogP) is 10.9. The second-order valence-corrected chi connectivity index (χ2v) is 18.4. The average molecular weight is 689 g/mol. The molecule has 0 N–H and O–H groups in total. The van der Waals surface area contributed by atoms with E-state index in [-0.39, 0.29) is 21.7 Å². The molecule has 0 unspecified atom stereocenters. The van der Waals surface area contributed by atoms with Gasteiger partial charge in [-0.1, -0.05) is 61.0 Å². The van der Waals surface area contributed by atoms with Gasteiger partial charge in [0.05, 0.1) is 14.2 Å². The molecule has 0 radical (unpaired) electrons. The highest BCUT2D eigenvalue weighted by Crippen LogP contribution is 2.55. The van der Waals surface area contributed by atoms with Crippen LogP contribution in [0, 0.1) is 0 Å². The van der Waals surface area contributed by atoms with Crippen molar-refractivity contribution in [2.75, 3.05) is 50.2 Å². The van der Waals surface area contributed by atoms with Crippen molar-refractivity contribution in [3.63, 3.8) is 0 Å². The van der Waals surface area contributed by atoms with E-state index in [0.29, 0.717) is 0 Å². The number of allylic oxidation sites excluding steroid dienone is 6. The molecule has 0 saturated carbocycles. The number of hydrogen-bond acceptors (Lipinski definition) is 5. The first-order valence-electron chi connectivity index (χ1n) is 19.1. The molecular formula is C46H60N2O3. The van der Waals surface area contributed by atoms with Crippen LogP contribution in [0.5, 0.6) is 11.5 Å². The molecule has 0 atom stereocenters. The van der Waals surface area contributed by atoms with Crippen LogP contribution in [0.2, 0.25) is 0 Å². The molecule has 7 rings (SSSR count). The summed E-state index contributed by atoms with van der Waals surface area (Å²) < 4.78 is 19.2. The molecule has 0 fully saturated rings. The summed E-state index contributed by atoms with van der Waals surface area (Å²) in [6.07, 6.45) is 17.5. The van der Waals surface area contributed by atoms with Gasteiger partial charge in [-0.15, -0.1) is 0 Å². The molecule has 5 aliphatic heterocycles. The van der Waals surface area contributed by atoms with Gasteiger partial charge < -0.3 is 24.0 Å². The highest BCUT2D eigenvalue weighted by molar-refractivity contribution is 5.79. The molecule has 2 aromatic rings. The van der Waals surface area contributed by atoms with E-state index in [4.69, 9.17) is 14.2 Å². The summed E-state index contributed by atoms with van der Waals surface area (Å²) in [5, 5.41) is 0. The van der Waals surface area contributed by atoms with Crippen molar-refractivity contribution in [1.82, 2.24) is 0 Å². The van der Waals surface area contributed by atoms with Crippen LogP contribution in [0.1, 0.15) is 128 Å². The molecule has 0 amide bonds. The summed E-state index contributed by atoms with van der Waals surface area (Å²) in [6, 6.07) is 4.75. The molecule has 0 bridgehead atoms. The standard InChI is InChI=1S/C46H60N2O3/c1-29(2)32-25-33(15-13-30-27-35-39-37(41(30)49-11)45(7,8)19-23-47(39)21-17-43(35,3)4)51-34(26-32)16-14-31-28-36-40-38(42(31)50-12)46(9,10)20-24-48(40)22-18-44(36,5)6/h13-16,25-28H,17-24H2,1-12H3. The maximum Gasteiger partial charge on any atom is 0.131 e. The number of nitrogens with zero attached hydrogens (tertiary/aromatic N) is 2. The minimum atomic E-state index is 0.0265. The third-order valence-corrected chi connectivity index (χ3v) is 12.7. The van der Waals surface area contributed by atoms with Gasteiger partial charge in [-0.3, -0.25) is 0 Å². The zero-order valence-corrected chi connectivity index (χ0v) is 33.4. The summed E-state index contributed by atoms with van der Waals surface area (Å²) in [5.41, 5.74) is 13.2. The fourth-order valence-corrected chi connectivity index (χ4v) is 9.17. The van der Waals surface area contributed by atoms with Gasteiger partial charge in [0.2, 0.25) is 0 Å². The Morgan fingerprint density at radius 1 is 0.588 bits per heavy atom. The number of ether oxygens (including phenoxy) is 3. The minimum Gasteiger partial charge on any atom is -0.496 e. The largest absolute Gasteiger partial charge is 0.496 e. The Morgan fingerprint density at radius 2 is 0.961 bits per heavy atom. The van der Waals surface area contributed by atoms with Crippen molar-refractivity contribution in [2.24, 2.45) is 0 Å². The molecule has 0 saturated heterocycles. The highest BCUT2D eigenvalue weighted by Gasteiger charge is 2.44. The van der Waals surface area contributed by atoms with Gasteiger partial charge in [-0.05, 0) is 126 Å². The Morgan fingerprint density at radius 3 is 1.31 bits per heavy atom. The van der Waals surface area contributed by atoms with E-state index in [0.717, 1.165) is 91.6 Å². The topological polar surface area (TPSA) is 34.2 Å². The van der Waals surface area contributed by atoms with E-state index in [1.807, 2.05) is 14.2 Å². The van der Waals surface area contributed by atoms with Gasteiger partial charge in [0.15, 0.2) is 0 Å². The Balaban J connectivity index is 1.26. The summed E-state index contributed by atoms with van der Waals surface area (Å²) in [7, 11) is 3.65. The van der Waals surface area contributed by atoms with Gasteiger partial charge in [0.1, 0.15) is 23.0 Å². The Bertz CT molecular complexity index is 1790. The van der Waals surface area contributed by atoms with Gasteiger partial charge in [-0.2, -0.15) is 0 Å². The van der Waals surface area contributed by atoms with E-state index in [1.54, 1.807) is 0 Å². The second kappa shape index (κ2) is 12.4. The monoisotopic (exact) mass is 688 g/mol. The third-order valence-electron chi connectivity index (χ3n) is 12.7. The SMILES string of the molecule is COc1c(C=CC2=CC(=C(C)C)C=C(C=Cc3cc4c5c(c3OC)C(C)(C)CCN5CCC4(C)C)O2)cc2c3c1C(C)(C)CCN3CCC2(C)C. The lowest BCUT2D eigenvalue weighted by atomic mass is 9.68. The molecular weight excluding hydrogens is 629 g/mol. The molecule has 5 heterocycles. The number of anilines is 2. The fraction of sp³-hybridized carbons (Fsp3) is 0.522. The van der Waals surface area contributed by atoms with Gasteiger partial charge in [-0.25, -0.2) is 0 Å². The van der Waals surface area contributed by atoms with Crippen LogP contribution in [0.25, 0.3) is 12.2 Å². The van der Waals surface area contributed by atoms with Crippen LogP contribution in [0.4, 0.5) is 11.4 Å². The van der Waals surface area contributed by atoms with Gasteiger partial charge in [0, 0.05) is 59.8 Å². The van der Waals surface area contributed by atoms with Crippen molar-refractivity contribution >= 4 is 23.5 Å². The molecule has 2 aromatic carbocycles. The van der Waals surface area contributed by atoms with Gasteiger partial charge >= 0.3 is 0 Å². The van der Waals surface area contributed by atoms with Crippen molar-refractivity contribution in [3.05, 3.63) is 92.5 Å². The molecule has 272 valence electrons. The van der Waals surface area contributed by atoms with Crippen LogP contribution < -0.4 is 19.3 Å². The summed E-state index contributed by atoms with van der Waals surface area (Å²) >= 11 is 0. The lowest BCUT2D eigenvalue weighted by Gasteiger charge is -2.48. The van der Waals surface area contributed by atoms with E-state index >= 15 is 0 Å². The third kappa shape index (κ3) is 6.03. The first-order valence-corrected chi connectivity index (χ1v) is 19.1. The van der Waals surface area contributed by atoms with Crippen molar-refractivity contribution in [1.29, 1.82) is 0 Å². The van der Waals surface area contributed by atoms with E-state index in [9.17, 15) is 0 Å². The van der Waals surface area contributed by atoms with E-state index in [2.05, 4.69) is 128 Å². The maximum atomic E-state index is 6.63. The van der Waals surface area contributed by atoms with Gasteiger partial charge in [0.25, 0.3) is 0 Å². The smallest absolute Gasteiger partial charge is 0.131 e. The lowest BCUT2D eigenvalue weighted by molar-refractivity contribution is 0.332. The number of methoxy groups -OCH3 is 2. The Kier molecular flexibility index (Phi) is 8.63. The van der Waals surface area contributed by atoms with E-state index < -0.39 is 0 Å². The van der Waals surface area contributed by atoms with Crippen LogP contribution in [0.3, 0.4) is 0 Å². The van der Waals surface area contributed by atoms with Crippen LogP contribution >= 0.6 is 0 Å². The molecule has 5 aliphatic rings. The molecule has 0 aliphatic carbocycles. The van der Waals surface area contributed by atoms with E-state index in [1.165, 1.54) is 39.2 Å². The number of rotatable bonds is 6. The molecule has 5 heteroatoms. The molecule has 51 heavy (non-hydrogen) atoms. The summed E-state index contributed by atoms with van der Waals surface area (Å²) in [4.78, 5) is 5.19. The fourth-order valence-electron chi connectivity index (χ4n) is 9.17. The molecule has 0 aromatic heterocycles. The van der Waals surface area contributed by atoms with Crippen molar-refractivity contribution in [2.45, 2.75) is 117 Å². The average Bonchev–Trinajstić information content (AvgIpc) is 3.07. The van der Waals surface area contributed by atoms with Crippen LogP contribution in [0.15, 0.2) is 59.1 Å².